The summed E-state index contributed by atoms with van der Waals surface area (Å²) in [6.45, 7) is 1.79. The number of aromatic nitrogens is 2. The first-order chi connectivity index (χ1) is 8.92. The maximum absolute atomic E-state index is 12.0. The van der Waals surface area contributed by atoms with E-state index < -0.39 is 28.0 Å². The number of hydrogen-bond donors (Lipinski definition) is 1. The van der Waals surface area contributed by atoms with Crippen molar-refractivity contribution in [2.24, 2.45) is 0 Å². The predicted molar refractivity (Wildman–Crippen MR) is 71.7 cm³/mol. The Balaban J connectivity index is 3.45. The molecular weight excluding hydrogens is 322 g/mol. The molecule has 19 heavy (non-hydrogen) atoms. The Morgan fingerprint density at radius 2 is 2.16 bits per heavy atom. The average Bonchev–Trinajstić information content (AvgIpc) is 2.37. The highest BCUT2D eigenvalue weighted by atomic mass is 79.9. The third kappa shape index (κ3) is 3.51. The van der Waals surface area contributed by atoms with E-state index in [2.05, 4.69) is 15.9 Å². The summed E-state index contributed by atoms with van der Waals surface area (Å²) in [5, 5.41) is 20.5. The fraction of sp³-hybridized carbons (Fsp3) is 0.600. The zero-order valence-electron chi connectivity index (χ0n) is 10.3. The summed E-state index contributed by atoms with van der Waals surface area (Å²) in [5.41, 5.74) is -2.32. The summed E-state index contributed by atoms with van der Waals surface area (Å²) < 4.78 is 1.81. The van der Waals surface area contributed by atoms with Gasteiger partial charge < -0.3 is 5.11 Å². The molecule has 0 amide bonds. The van der Waals surface area contributed by atoms with E-state index in [1.54, 1.807) is 6.92 Å². The van der Waals surface area contributed by atoms with Crippen LogP contribution in [0.2, 0.25) is 0 Å². The number of halogens is 1. The molecule has 0 aliphatic rings. The van der Waals surface area contributed by atoms with Crippen LogP contribution in [0.1, 0.15) is 13.3 Å². The van der Waals surface area contributed by atoms with Crippen LogP contribution in [0.4, 0.5) is 5.69 Å². The number of aryl methyl sites for hydroxylation is 1. The third-order valence-electron chi connectivity index (χ3n) is 2.45. The second kappa shape index (κ2) is 6.62. The van der Waals surface area contributed by atoms with Gasteiger partial charge in [0.2, 0.25) is 0 Å². The Kier molecular flexibility index (Phi) is 5.43. The zero-order chi connectivity index (χ0) is 14.6. The molecule has 0 aliphatic carbocycles. The number of nitro groups is 1. The van der Waals surface area contributed by atoms with Crippen LogP contribution >= 0.6 is 15.9 Å². The summed E-state index contributed by atoms with van der Waals surface area (Å²) >= 11 is 3.01. The van der Waals surface area contributed by atoms with Gasteiger partial charge in [0, 0.05) is 11.9 Å². The minimum absolute atomic E-state index is 0.162. The summed E-state index contributed by atoms with van der Waals surface area (Å²) in [7, 11) is 0. The first-order valence-electron chi connectivity index (χ1n) is 5.65. The molecule has 0 saturated heterocycles. The molecule has 1 aromatic heterocycles. The number of hydrogen-bond acceptors (Lipinski definition) is 5. The fourth-order valence-corrected chi connectivity index (χ4v) is 1.79. The van der Waals surface area contributed by atoms with Crippen molar-refractivity contribution in [3.63, 3.8) is 0 Å². The Labute approximate surface area is 116 Å². The molecule has 0 bridgehead atoms. The zero-order valence-corrected chi connectivity index (χ0v) is 11.9. The highest BCUT2D eigenvalue weighted by Gasteiger charge is 2.20. The first-order valence-corrected chi connectivity index (χ1v) is 6.77. The Bertz CT molecular complexity index is 580. The second-order valence-electron chi connectivity index (χ2n) is 3.97. The molecule has 0 spiro atoms. The van der Waals surface area contributed by atoms with E-state index in [4.69, 9.17) is 0 Å². The van der Waals surface area contributed by atoms with Crippen LogP contribution in [0, 0.1) is 10.1 Å². The first kappa shape index (κ1) is 15.6. The van der Waals surface area contributed by atoms with Gasteiger partial charge in [-0.3, -0.25) is 24.0 Å². The van der Waals surface area contributed by atoms with Crippen LogP contribution in [-0.4, -0.2) is 30.6 Å². The number of aliphatic hydroxyl groups excluding tert-OH is 1. The lowest BCUT2D eigenvalue weighted by molar-refractivity contribution is -0.387. The molecule has 0 fully saturated rings. The van der Waals surface area contributed by atoms with E-state index in [0.29, 0.717) is 11.0 Å². The molecule has 0 aromatic carbocycles. The van der Waals surface area contributed by atoms with Gasteiger partial charge in [-0.15, -0.1) is 0 Å². The van der Waals surface area contributed by atoms with Crippen molar-refractivity contribution >= 4 is 21.6 Å². The molecule has 0 radical (unpaired) electrons. The quantitative estimate of drug-likeness (QED) is 0.450. The normalized spacial score (nSPS) is 12.4. The monoisotopic (exact) mass is 335 g/mol. The van der Waals surface area contributed by atoms with E-state index in [0.717, 1.165) is 10.8 Å². The molecule has 8 nitrogen and oxygen atoms in total. The largest absolute Gasteiger partial charge is 0.390 e. The Morgan fingerprint density at radius 3 is 2.63 bits per heavy atom. The number of rotatable bonds is 6. The molecule has 9 heteroatoms. The van der Waals surface area contributed by atoms with E-state index in [9.17, 15) is 24.8 Å². The lowest BCUT2D eigenvalue weighted by Gasteiger charge is -2.11. The van der Waals surface area contributed by atoms with E-state index in [1.807, 2.05) is 0 Å². The van der Waals surface area contributed by atoms with Gasteiger partial charge in [0.1, 0.15) is 0 Å². The Morgan fingerprint density at radius 1 is 1.53 bits per heavy atom. The predicted octanol–water partition coefficient (Wildman–Crippen LogP) is 0.0840. The minimum Gasteiger partial charge on any atom is -0.390 e. The molecule has 106 valence electrons. The number of nitrogens with zero attached hydrogens (tertiary/aromatic N) is 3. The summed E-state index contributed by atoms with van der Waals surface area (Å²) in [5.74, 6) is 0. The second-order valence-corrected chi connectivity index (χ2v) is 4.62. The average molecular weight is 336 g/mol. The lowest BCUT2D eigenvalue weighted by atomic mass is 10.4. The van der Waals surface area contributed by atoms with Crippen LogP contribution in [0.3, 0.4) is 0 Å². The van der Waals surface area contributed by atoms with Crippen molar-refractivity contribution in [2.75, 3.05) is 5.33 Å². The Hall–Kier alpha value is -1.48. The lowest BCUT2D eigenvalue weighted by Crippen LogP contribution is -2.43. The molecule has 0 saturated carbocycles. The van der Waals surface area contributed by atoms with Crippen molar-refractivity contribution in [1.29, 1.82) is 0 Å². The van der Waals surface area contributed by atoms with Crippen molar-refractivity contribution < 1.29 is 10.0 Å². The van der Waals surface area contributed by atoms with E-state index in [-0.39, 0.29) is 18.4 Å². The van der Waals surface area contributed by atoms with Gasteiger partial charge in [0.25, 0.3) is 0 Å². The van der Waals surface area contributed by atoms with Gasteiger partial charge in [0.15, 0.2) is 0 Å². The maximum Gasteiger partial charge on any atom is 0.350 e. The molecule has 1 atom stereocenters. The van der Waals surface area contributed by atoms with Gasteiger partial charge in [0.05, 0.1) is 23.8 Å². The minimum atomic E-state index is -0.998. The highest BCUT2D eigenvalue weighted by molar-refractivity contribution is 9.09. The van der Waals surface area contributed by atoms with Gasteiger partial charge >= 0.3 is 16.9 Å². The molecule has 1 unspecified atom stereocenters. The van der Waals surface area contributed by atoms with Crippen LogP contribution in [0.5, 0.6) is 0 Å². The molecule has 1 aromatic rings. The van der Waals surface area contributed by atoms with Crippen molar-refractivity contribution in [3.05, 3.63) is 37.1 Å². The van der Waals surface area contributed by atoms with Gasteiger partial charge in [-0.25, -0.2) is 4.79 Å². The number of aliphatic hydroxyl groups is 1. The molecule has 1 N–H and O–H groups in total. The van der Waals surface area contributed by atoms with Crippen LogP contribution in [0.15, 0.2) is 15.8 Å². The maximum atomic E-state index is 12.0. The molecule has 0 aliphatic heterocycles. The summed E-state index contributed by atoms with van der Waals surface area (Å²) in [6.07, 6.45) is 0.573. The van der Waals surface area contributed by atoms with Crippen molar-refractivity contribution in [2.45, 2.75) is 32.5 Å². The smallest absolute Gasteiger partial charge is 0.350 e. The van der Waals surface area contributed by atoms with Gasteiger partial charge in [-0.05, 0) is 6.42 Å². The van der Waals surface area contributed by atoms with Crippen LogP contribution in [-0.2, 0) is 13.1 Å². The standard InChI is InChI=1S/C10H14BrN3O5/c1-2-3-12-6-8(14(18)19)9(16)13(10(12)17)5-7(15)4-11/h6-7,15H,2-5H2,1H3. The molecule has 1 heterocycles. The number of alkyl halides is 1. The van der Waals surface area contributed by atoms with Crippen LogP contribution < -0.4 is 11.2 Å². The van der Waals surface area contributed by atoms with Gasteiger partial charge in [-0.2, -0.15) is 0 Å². The van der Waals surface area contributed by atoms with Gasteiger partial charge in [-0.1, -0.05) is 22.9 Å². The van der Waals surface area contributed by atoms with E-state index >= 15 is 0 Å². The van der Waals surface area contributed by atoms with Crippen molar-refractivity contribution in [1.82, 2.24) is 9.13 Å². The summed E-state index contributed by atoms with van der Waals surface area (Å²) in [6, 6.07) is 0. The highest BCUT2D eigenvalue weighted by Crippen LogP contribution is 2.02. The topological polar surface area (TPSA) is 107 Å². The molecule has 1 rings (SSSR count). The van der Waals surface area contributed by atoms with Crippen molar-refractivity contribution in [3.8, 4) is 0 Å². The third-order valence-corrected chi connectivity index (χ3v) is 3.20. The summed E-state index contributed by atoms with van der Waals surface area (Å²) in [4.78, 5) is 33.8. The fourth-order valence-electron chi connectivity index (χ4n) is 1.59. The van der Waals surface area contributed by atoms with Crippen LogP contribution in [0.25, 0.3) is 0 Å². The molecular formula is C10H14BrN3O5. The van der Waals surface area contributed by atoms with E-state index in [1.165, 1.54) is 0 Å². The SMILES string of the molecule is CCCn1cc([N+](=O)[O-])c(=O)n(CC(O)CBr)c1=O.